The Hall–Kier alpha value is -2.01. The number of hydrogen-bond donors (Lipinski definition) is 2. The molecular weight excluding hydrogens is 242 g/mol. The fourth-order valence-electron chi connectivity index (χ4n) is 1.68. The number of nitrogens with zero attached hydrogens (tertiary/aromatic N) is 2. The molecule has 0 fully saturated rings. The molecule has 0 aliphatic carbocycles. The Kier molecular flexibility index (Phi) is 4.06. The van der Waals surface area contributed by atoms with Crippen molar-refractivity contribution < 1.29 is 9.84 Å². The van der Waals surface area contributed by atoms with E-state index < -0.39 is 6.10 Å². The second-order valence-corrected chi connectivity index (χ2v) is 4.44. The van der Waals surface area contributed by atoms with Crippen LogP contribution in [0.1, 0.15) is 18.9 Å². The van der Waals surface area contributed by atoms with Crippen molar-refractivity contribution in [2.24, 2.45) is 0 Å². The lowest BCUT2D eigenvalue weighted by molar-refractivity contribution is 0.101. The second kappa shape index (κ2) is 5.75. The van der Waals surface area contributed by atoms with Crippen molar-refractivity contribution in [2.45, 2.75) is 26.4 Å². The number of para-hydroxylation sites is 1. The average Bonchev–Trinajstić information content (AvgIpc) is 2.73. The fraction of sp³-hybridized carbons (Fsp3) is 0.357. The molecule has 0 spiro atoms. The predicted molar refractivity (Wildman–Crippen MR) is 74.5 cm³/mol. The molecule has 0 bridgehead atoms. The quantitative estimate of drug-likeness (QED) is 0.862. The van der Waals surface area contributed by atoms with Gasteiger partial charge in [0.1, 0.15) is 12.4 Å². The van der Waals surface area contributed by atoms with Gasteiger partial charge in [0.2, 0.25) is 5.88 Å². The normalized spacial score (nSPS) is 12.4. The molecule has 102 valence electrons. The van der Waals surface area contributed by atoms with Crippen molar-refractivity contribution in [1.82, 2.24) is 9.78 Å². The maximum absolute atomic E-state index is 9.51. The molecule has 0 aliphatic rings. The molecule has 0 aliphatic heterocycles. The molecule has 5 heteroatoms. The van der Waals surface area contributed by atoms with E-state index in [4.69, 9.17) is 10.5 Å². The van der Waals surface area contributed by atoms with Crippen LogP contribution in [0.25, 0.3) is 5.69 Å². The Morgan fingerprint density at radius 3 is 2.68 bits per heavy atom. The fourth-order valence-corrected chi connectivity index (χ4v) is 1.68. The first kappa shape index (κ1) is 13.4. The summed E-state index contributed by atoms with van der Waals surface area (Å²) in [5, 5.41) is 13.9. The summed E-state index contributed by atoms with van der Waals surface area (Å²) in [5.41, 5.74) is 7.70. The number of aliphatic hydroxyl groups excluding tert-OH is 1. The van der Waals surface area contributed by atoms with E-state index in [2.05, 4.69) is 5.10 Å². The highest BCUT2D eigenvalue weighted by Gasteiger charge is 2.15. The van der Waals surface area contributed by atoms with Crippen LogP contribution in [-0.4, -0.2) is 27.6 Å². The van der Waals surface area contributed by atoms with E-state index in [-0.39, 0.29) is 6.61 Å². The number of nitrogen functional groups attached to an aromatic ring is 1. The van der Waals surface area contributed by atoms with Gasteiger partial charge in [0.25, 0.3) is 0 Å². The van der Waals surface area contributed by atoms with Gasteiger partial charge >= 0.3 is 0 Å². The van der Waals surface area contributed by atoms with Gasteiger partial charge in [0.15, 0.2) is 0 Å². The van der Waals surface area contributed by atoms with Gasteiger partial charge < -0.3 is 15.6 Å². The van der Waals surface area contributed by atoms with Crippen molar-refractivity contribution in [3.63, 3.8) is 0 Å². The standard InChI is InChI=1S/C14H19N3O2/c1-3-12(18)9-19-14-10(2)13(15)17(16-14)11-7-5-4-6-8-11/h4-8,12,18H,3,9,15H2,1-2H3. The van der Waals surface area contributed by atoms with Crippen LogP contribution in [-0.2, 0) is 0 Å². The molecular formula is C14H19N3O2. The van der Waals surface area contributed by atoms with Crippen molar-refractivity contribution >= 4 is 5.82 Å². The third-order valence-corrected chi connectivity index (χ3v) is 3.01. The van der Waals surface area contributed by atoms with Gasteiger partial charge in [0, 0.05) is 0 Å². The zero-order valence-electron chi connectivity index (χ0n) is 11.2. The van der Waals surface area contributed by atoms with Crippen LogP contribution in [0, 0.1) is 6.92 Å². The molecule has 19 heavy (non-hydrogen) atoms. The van der Waals surface area contributed by atoms with Gasteiger partial charge in [0.05, 0.1) is 17.4 Å². The summed E-state index contributed by atoms with van der Waals surface area (Å²) in [5.74, 6) is 1.01. The molecule has 3 N–H and O–H groups in total. The summed E-state index contributed by atoms with van der Waals surface area (Å²) in [6, 6.07) is 9.63. The Morgan fingerprint density at radius 2 is 2.05 bits per heavy atom. The third kappa shape index (κ3) is 2.88. The number of anilines is 1. The molecule has 2 aromatic rings. The van der Waals surface area contributed by atoms with Gasteiger partial charge in [-0.05, 0) is 25.5 Å². The monoisotopic (exact) mass is 261 g/mol. The molecule has 1 heterocycles. The van der Waals surface area contributed by atoms with Crippen LogP contribution in [0.5, 0.6) is 5.88 Å². The maximum Gasteiger partial charge on any atom is 0.238 e. The molecule has 2 rings (SSSR count). The second-order valence-electron chi connectivity index (χ2n) is 4.44. The largest absolute Gasteiger partial charge is 0.474 e. The first-order valence-electron chi connectivity index (χ1n) is 6.34. The molecule has 0 saturated carbocycles. The van der Waals surface area contributed by atoms with E-state index in [9.17, 15) is 5.11 Å². The number of ether oxygens (including phenoxy) is 1. The number of nitrogens with two attached hydrogens (primary N) is 1. The van der Waals surface area contributed by atoms with E-state index in [1.54, 1.807) is 4.68 Å². The van der Waals surface area contributed by atoms with E-state index in [1.165, 1.54) is 0 Å². The van der Waals surface area contributed by atoms with Crippen LogP contribution in [0.2, 0.25) is 0 Å². The number of benzene rings is 1. The van der Waals surface area contributed by atoms with Crippen molar-refractivity contribution in [2.75, 3.05) is 12.3 Å². The summed E-state index contributed by atoms with van der Waals surface area (Å²) in [4.78, 5) is 0. The van der Waals surface area contributed by atoms with Crippen LogP contribution in [0.4, 0.5) is 5.82 Å². The lowest BCUT2D eigenvalue weighted by atomic mass is 10.3. The zero-order chi connectivity index (χ0) is 13.8. The Balaban J connectivity index is 2.24. The average molecular weight is 261 g/mol. The lowest BCUT2D eigenvalue weighted by Gasteiger charge is -2.08. The highest BCUT2D eigenvalue weighted by Crippen LogP contribution is 2.25. The highest BCUT2D eigenvalue weighted by molar-refractivity contribution is 5.51. The number of hydrogen-bond acceptors (Lipinski definition) is 4. The number of aromatic nitrogens is 2. The first-order chi connectivity index (χ1) is 9.13. The maximum atomic E-state index is 9.51. The Bertz CT molecular complexity index is 537. The van der Waals surface area contributed by atoms with E-state index in [0.29, 0.717) is 18.1 Å². The smallest absolute Gasteiger partial charge is 0.238 e. The van der Waals surface area contributed by atoms with Gasteiger partial charge in [-0.2, -0.15) is 0 Å². The van der Waals surface area contributed by atoms with E-state index in [0.717, 1.165) is 11.3 Å². The minimum Gasteiger partial charge on any atom is -0.474 e. The van der Waals surface area contributed by atoms with Crippen molar-refractivity contribution in [1.29, 1.82) is 0 Å². The van der Waals surface area contributed by atoms with Crippen LogP contribution in [0.15, 0.2) is 30.3 Å². The van der Waals surface area contributed by atoms with E-state index >= 15 is 0 Å². The molecule has 1 unspecified atom stereocenters. The topological polar surface area (TPSA) is 73.3 Å². The minimum absolute atomic E-state index is 0.225. The number of rotatable bonds is 5. The molecule has 0 radical (unpaired) electrons. The minimum atomic E-state index is -0.484. The highest BCUT2D eigenvalue weighted by atomic mass is 16.5. The molecule has 5 nitrogen and oxygen atoms in total. The molecule has 1 atom stereocenters. The summed E-state index contributed by atoms with van der Waals surface area (Å²) < 4.78 is 7.15. The third-order valence-electron chi connectivity index (χ3n) is 3.01. The number of aliphatic hydroxyl groups is 1. The van der Waals surface area contributed by atoms with E-state index in [1.807, 2.05) is 44.2 Å². The van der Waals surface area contributed by atoms with Gasteiger partial charge in [-0.15, -0.1) is 5.10 Å². The SMILES string of the molecule is CCC(O)COc1nn(-c2ccccc2)c(N)c1C. The van der Waals surface area contributed by atoms with Crippen LogP contribution in [0.3, 0.4) is 0 Å². The molecule has 1 aromatic carbocycles. The summed E-state index contributed by atoms with van der Waals surface area (Å²) in [7, 11) is 0. The summed E-state index contributed by atoms with van der Waals surface area (Å²) in [6.45, 7) is 3.98. The Morgan fingerprint density at radius 1 is 1.37 bits per heavy atom. The first-order valence-corrected chi connectivity index (χ1v) is 6.34. The summed E-state index contributed by atoms with van der Waals surface area (Å²) >= 11 is 0. The zero-order valence-corrected chi connectivity index (χ0v) is 11.2. The predicted octanol–water partition coefficient (Wildman–Crippen LogP) is 1.91. The molecule has 0 amide bonds. The van der Waals surface area contributed by atoms with Crippen LogP contribution < -0.4 is 10.5 Å². The van der Waals surface area contributed by atoms with Gasteiger partial charge in [-0.3, -0.25) is 0 Å². The van der Waals surface area contributed by atoms with Crippen LogP contribution >= 0.6 is 0 Å². The molecule has 0 saturated heterocycles. The lowest BCUT2D eigenvalue weighted by Crippen LogP contribution is -2.16. The van der Waals surface area contributed by atoms with Crippen molar-refractivity contribution in [3.05, 3.63) is 35.9 Å². The van der Waals surface area contributed by atoms with Gasteiger partial charge in [-0.1, -0.05) is 25.1 Å². The summed E-state index contributed by atoms with van der Waals surface area (Å²) in [6.07, 6.45) is 0.163. The van der Waals surface area contributed by atoms with Gasteiger partial charge in [-0.25, -0.2) is 4.68 Å². The Labute approximate surface area is 112 Å². The molecule has 1 aromatic heterocycles. The van der Waals surface area contributed by atoms with Crippen molar-refractivity contribution in [3.8, 4) is 11.6 Å².